The van der Waals surface area contributed by atoms with Crippen molar-refractivity contribution >= 4 is 40.4 Å². The van der Waals surface area contributed by atoms with Crippen LogP contribution in [0.1, 0.15) is 66.7 Å². The second-order valence-electron chi connectivity index (χ2n) is 12.6. The highest BCUT2D eigenvalue weighted by Crippen LogP contribution is 2.48. The van der Waals surface area contributed by atoms with Crippen molar-refractivity contribution in [1.82, 2.24) is 34.9 Å². The second kappa shape index (κ2) is 12.0. The molecule has 2 amide bonds. The van der Waals surface area contributed by atoms with Crippen LogP contribution in [0.4, 0.5) is 18.0 Å². The van der Waals surface area contributed by atoms with Gasteiger partial charge in [0.05, 0.1) is 17.4 Å². The molecule has 8 rings (SSSR count). The largest absolute Gasteiger partial charge is 0.383 e. The van der Waals surface area contributed by atoms with E-state index in [0.717, 1.165) is 18.5 Å². The highest BCUT2D eigenvalue weighted by Gasteiger charge is 2.51. The molecule has 248 valence electrons. The molecule has 4 aliphatic rings. The molecular weight excluding hydrogens is 665 g/mol. The molecule has 3 aromatic heterocycles. The lowest BCUT2D eigenvalue weighted by Gasteiger charge is -2.43. The molecule has 48 heavy (non-hydrogen) atoms. The fraction of sp³-hybridized carbons (Fsp3) is 0.364. The standard InChI is InChI=1S/C33H30ClF3N8O2S/c34-23-13-18(35)4-7-22(23)28-27(24-8-11-44(42-24)31(36)37)25-14-19(17-43(25)29(41-28)30-39-10-12-48-30)40-32(46)45-20-5-6-21(45)16-33(47,15-20)26-3-1-2-9-38-26/h1-4,7-13,19-21,28,31,47H,5-6,14-17H2,(H,40,46)/t19?,20?,21?,28-,33?/m0/s1. The molecular formula is C33H30ClF3N8O2S. The number of carbonyl (C=O) groups is 1. The third-order valence-corrected chi connectivity index (χ3v) is 10.8. The van der Waals surface area contributed by atoms with Crippen LogP contribution in [0.2, 0.25) is 5.02 Å². The average Bonchev–Trinajstić information content (AvgIpc) is 3.88. The van der Waals surface area contributed by atoms with Gasteiger partial charge in [0.2, 0.25) is 0 Å². The van der Waals surface area contributed by atoms with Crippen LogP contribution in [0.15, 0.2) is 77.1 Å². The summed E-state index contributed by atoms with van der Waals surface area (Å²) in [6.07, 6.45) is 7.25. The Bertz CT molecular complexity index is 1910. The van der Waals surface area contributed by atoms with Crippen molar-refractivity contribution in [2.75, 3.05) is 6.54 Å². The van der Waals surface area contributed by atoms with Crippen molar-refractivity contribution in [2.45, 2.75) is 68.4 Å². The molecule has 3 unspecified atom stereocenters. The van der Waals surface area contributed by atoms with E-state index in [1.54, 1.807) is 12.4 Å². The van der Waals surface area contributed by atoms with Gasteiger partial charge >= 0.3 is 12.6 Å². The number of hydrogen-bond acceptors (Lipinski definition) is 8. The maximum Gasteiger partial charge on any atom is 0.333 e. The van der Waals surface area contributed by atoms with E-state index < -0.39 is 24.0 Å². The Labute approximate surface area is 282 Å². The number of amides is 2. The van der Waals surface area contributed by atoms with Crippen LogP contribution in [-0.4, -0.2) is 71.2 Å². The number of rotatable bonds is 6. The number of alkyl halides is 2. The molecule has 3 fully saturated rings. The fourth-order valence-corrected chi connectivity index (χ4v) is 8.61. The molecule has 3 saturated heterocycles. The summed E-state index contributed by atoms with van der Waals surface area (Å²) in [4.78, 5) is 31.7. The maximum atomic E-state index is 14.1. The highest BCUT2D eigenvalue weighted by molar-refractivity contribution is 7.11. The average molecular weight is 695 g/mol. The number of urea groups is 1. The Balaban J connectivity index is 1.13. The molecule has 0 spiro atoms. The Morgan fingerprint density at radius 1 is 1.10 bits per heavy atom. The van der Waals surface area contributed by atoms with Gasteiger partial charge in [-0.3, -0.25) is 9.98 Å². The van der Waals surface area contributed by atoms with Crippen LogP contribution in [-0.2, 0) is 5.60 Å². The molecule has 7 heterocycles. The minimum absolute atomic E-state index is 0.135. The zero-order chi connectivity index (χ0) is 33.2. The first-order valence-corrected chi connectivity index (χ1v) is 16.9. The van der Waals surface area contributed by atoms with E-state index in [0.29, 0.717) is 58.2 Å². The van der Waals surface area contributed by atoms with Gasteiger partial charge in [0.1, 0.15) is 17.5 Å². The first-order chi connectivity index (χ1) is 23.2. The Morgan fingerprint density at radius 3 is 2.58 bits per heavy atom. The van der Waals surface area contributed by atoms with Crippen molar-refractivity contribution < 1.29 is 23.1 Å². The lowest BCUT2D eigenvalue weighted by atomic mass is 9.83. The number of fused-ring (bicyclic) bond motifs is 3. The number of piperidine rings is 1. The van der Waals surface area contributed by atoms with Crippen molar-refractivity contribution in [3.8, 4) is 0 Å². The van der Waals surface area contributed by atoms with Crippen LogP contribution in [0.25, 0.3) is 5.57 Å². The summed E-state index contributed by atoms with van der Waals surface area (Å²) in [5, 5.41) is 21.6. The molecule has 0 saturated carbocycles. The summed E-state index contributed by atoms with van der Waals surface area (Å²) in [6.45, 7) is -2.50. The van der Waals surface area contributed by atoms with Crippen LogP contribution in [0.3, 0.4) is 0 Å². The molecule has 4 aromatic rings. The first kappa shape index (κ1) is 31.0. The number of aromatic nitrogens is 4. The lowest BCUT2D eigenvalue weighted by Crippen LogP contribution is -2.56. The van der Waals surface area contributed by atoms with Gasteiger partial charge in [0, 0.05) is 83.7 Å². The Kier molecular flexibility index (Phi) is 7.76. The molecule has 0 aliphatic carbocycles. The molecule has 10 nitrogen and oxygen atoms in total. The van der Waals surface area contributed by atoms with E-state index >= 15 is 0 Å². The van der Waals surface area contributed by atoms with Gasteiger partial charge in [-0.25, -0.2) is 18.9 Å². The lowest BCUT2D eigenvalue weighted by molar-refractivity contribution is -0.0470. The van der Waals surface area contributed by atoms with Gasteiger partial charge in [0.25, 0.3) is 0 Å². The summed E-state index contributed by atoms with van der Waals surface area (Å²) in [7, 11) is 0. The highest BCUT2D eigenvalue weighted by atomic mass is 35.5. The maximum absolute atomic E-state index is 14.1. The summed E-state index contributed by atoms with van der Waals surface area (Å²) < 4.78 is 42.1. The number of aliphatic imine (C=N–C) groups is 1. The van der Waals surface area contributed by atoms with Gasteiger partial charge in [-0.15, -0.1) is 11.3 Å². The number of aliphatic hydroxyl groups is 1. The van der Waals surface area contributed by atoms with E-state index in [1.165, 1.54) is 41.8 Å². The van der Waals surface area contributed by atoms with Crippen molar-refractivity contribution in [2.24, 2.45) is 4.99 Å². The number of amidine groups is 1. The summed E-state index contributed by atoms with van der Waals surface area (Å²) in [5.41, 5.74) is 1.55. The predicted molar refractivity (Wildman–Crippen MR) is 173 cm³/mol. The quantitative estimate of drug-likeness (QED) is 0.251. The van der Waals surface area contributed by atoms with Gasteiger partial charge in [-0.05, 0) is 43.2 Å². The number of pyridine rings is 1. The molecule has 4 aliphatic heterocycles. The van der Waals surface area contributed by atoms with Crippen molar-refractivity contribution in [3.05, 3.63) is 105 Å². The number of hydrogen-bond donors (Lipinski definition) is 2. The summed E-state index contributed by atoms with van der Waals surface area (Å²) in [5.74, 6) is 0.0212. The number of benzene rings is 1. The van der Waals surface area contributed by atoms with E-state index in [2.05, 4.69) is 20.4 Å². The molecule has 2 bridgehead atoms. The smallest absolute Gasteiger partial charge is 0.333 e. The number of nitrogens with zero attached hydrogens (tertiary/aromatic N) is 7. The Morgan fingerprint density at radius 2 is 1.92 bits per heavy atom. The molecule has 1 aromatic carbocycles. The third-order valence-electron chi connectivity index (χ3n) is 9.70. The topological polar surface area (TPSA) is 112 Å². The number of nitrogens with one attached hydrogen (secondary N) is 1. The Hall–Kier alpha value is -4.27. The third kappa shape index (κ3) is 5.35. The van der Waals surface area contributed by atoms with Gasteiger partial charge < -0.3 is 20.2 Å². The predicted octanol–water partition coefficient (Wildman–Crippen LogP) is 6.13. The van der Waals surface area contributed by atoms with Gasteiger partial charge in [-0.2, -0.15) is 13.9 Å². The monoisotopic (exact) mass is 694 g/mol. The van der Waals surface area contributed by atoms with Crippen LogP contribution in [0, 0.1) is 5.82 Å². The van der Waals surface area contributed by atoms with Gasteiger partial charge in [0.15, 0.2) is 10.8 Å². The fourth-order valence-electron chi connectivity index (χ4n) is 7.70. The normalized spacial score (nSPS) is 26.7. The van der Waals surface area contributed by atoms with Crippen LogP contribution in [0.5, 0.6) is 0 Å². The van der Waals surface area contributed by atoms with E-state index in [9.17, 15) is 23.1 Å². The van der Waals surface area contributed by atoms with Crippen LogP contribution < -0.4 is 5.32 Å². The van der Waals surface area contributed by atoms with Crippen molar-refractivity contribution in [1.29, 1.82) is 0 Å². The molecule has 4 atom stereocenters. The minimum atomic E-state index is -2.85. The molecule has 2 N–H and O–H groups in total. The second-order valence-corrected chi connectivity index (χ2v) is 13.9. The van der Waals surface area contributed by atoms with E-state index in [4.69, 9.17) is 16.6 Å². The summed E-state index contributed by atoms with van der Waals surface area (Å²) >= 11 is 7.96. The number of carbonyl (C=O) groups excluding carboxylic acids is 1. The van der Waals surface area contributed by atoms with E-state index in [-0.39, 0.29) is 34.9 Å². The molecule has 0 radical (unpaired) electrons. The molecule has 15 heteroatoms. The van der Waals surface area contributed by atoms with E-state index in [1.807, 2.05) is 33.4 Å². The summed E-state index contributed by atoms with van der Waals surface area (Å²) in [6, 6.07) is 9.32. The SMILES string of the molecule is O=C(NC1CC2=C(c3ccn(C(F)F)n3)[C@H](c3ccc(F)cc3Cl)N=C(c3nccs3)N2C1)N1C2CCC1CC(O)(c1ccccn1)C2. The number of thiazole rings is 1. The first-order valence-electron chi connectivity index (χ1n) is 15.7. The van der Waals surface area contributed by atoms with Crippen molar-refractivity contribution in [3.63, 3.8) is 0 Å². The number of halogens is 4. The van der Waals surface area contributed by atoms with Crippen LogP contribution >= 0.6 is 22.9 Å². The zero-order valence-corrected chi connectivity index (χ0v) is 27.0. The minimum Gasteiger partial charge on any atom is -0.383 e. The van der Waals surface area contributed by atoms with Gasteiger partial charge in [-0.1, -0.05) is 23.7 Å². The zero-order valence-electron chi connectivity index (χ0n) is 25.4.